The van der Waals surface area contributed by atoms with E-state index in [1.54, 1.807) is 6.08 Å². The van der Waals surface area contributed by atoms with E-state index in [2.05, 4.69) is 34.9 Å². The van der Waals surface area contributed by atoms with E-state index in [-0.39, 0.29) is 0 Å². The molecule has 1 aromatic heterocycles. The van der Waals surface area contributed by atoms with Gasteiger partial charge < -0.3 is 5.11 Å². The normalized spacial score (nSPS) is 11.2. The highest BCUT2D eigenvalue weighted by molar-refractivity contribution is 9.10. The number of carboxylic acids is 1. The van der Waals surface area contributed by atoms with Gasteiger partial charge in [-0.25, -0.2) is 9.48 Å². The number of aromatic nitrogens is 2. The largest absolute Gasteiger partial charge is 0.478 e. The van der Waals surface area contributed by atoms with Gasteiger partial charge in [-0.2, -0.15) is 5.10 Å². The first-order valence-corrected chi connectivity index (χ1v) is 7.49. The maximum Gasteiger partial charge on any atom is 0.328 e. The molecule has 0 aliphatic carbocycles. The molecule has 4 nitrogen and oxygen atoms in total. The third-order valence-electron chi connectivity index (χ3n) is 3.41. The Bertz CT molecular complexity index is 717. The second-order valence-electron chi connectivity index (χ2n) is 4.80. The van der Waals surface area contributed by atoms with Crippen LogP contribution in [0.3, 0.4) is 0 Å². The van der Waals surface area contributed by atoms with Crippen LogP contribution >= 0.6 is 15.9 Å². The van der Waals surface area contributed by atoms with Gasteiger partial charge in [0.25, 0.3) is 0 Å². The first kappa shape index (κ1) is 15.5. The number of aliphatic carboxylic acids is 1. The van der Waals surface area contributed by atoms with Crippen molar-refractivity contribution in [1.82, 2.24) is 9.78 Å². The molecule has 0 unspecified atom stereocenters. The van der Waals surface area contributed by atoms with Crippen molar-refractivity contribution in [2.45, 2.75) is 27.2 Å². The molecule has 1 heterocycles. The highest BCUT2D eigenvalue weighted by Gasteiger charge is 2.13. The van der Waals surface area contributed by atoms with Crippen molar-refractivity contribution in [2.75, 3.05) is 0 Å². The molecule has 2 rings (SSSR count). The van der Waals surface area contributed by atoms with Gasteiger partial charge in [0.2, 0.25) is 0 Å². The van der Waals surface area contributed by atoms with Crippen LogP contribution in [0, 0.1) is 13.8 Å². The first-order chi connectivity index (χ1) is 9.93. The Kier molecular flexibility index (Phi) is 4.63. The van der Waals surface area contributed by atoms with Gasteiger partial charge in [-0.1, -0.05) is 13.0 Å². The van der Waals surface area contributed by atoms with E-state index in [1.165, 1.54) is 5.56 Å². The minimum atomic E-state index is -0.957. The van der Waals surface area contributed by atoms with Crippen molar-refractivity contribution in [2.24, 2.45) is 0 Å². The lowest BCUT2D eigenvalue weighted by Gasteiger charge is -2.08. The van der Waals surface area contributed by atoms with Crippen molar-refractivity contribution in [1.29, 1.82) is 0 Å². The lowest BCUT2D eigenvalue weighted by Crippen LogP contribution is -2.01. The number of nitrogens with zero attached hydrogens (tertiary/aromatic N) is 2. The van der Waals surface area contributed by atoms with Gasteiger partial charge in [0.05, 0.1) is 11.4 Å². The molecule has 0 fully saturated rings. The average molecular weight is 349 g/mol. The van der Waals surface area contributed by atoms with Crippen molar-refractivity contribution in [3.8, 4) is 5.69 Å². The molecule has 0 saturated heterocycles. The van der Waals surface area contributed by atoms with E-state index in [1.807, 2.05) is 29.8 Å². The number of hydrogen-bond donors (Lipinski definition) is 1. The molecule has 0 amide bonds. The van der Waals surface area contributed by atoms with Crippen molar-refractivity contribution < 1.29 is 9.90 Å². The van der Waals surface area contributed by atoms with Crippen LogP contribution in [-0.4, -0.2) is 20.9 Å². The molecule has 0 atom stereocenters. The summed E-state index contributed by atoms with van der Waals surface area (Å²) in [5.41, 5.74) is 5.20. The summed E-state index contributed by atoms with van der Waals surface area (Å²) in [6.45, 7) is 6.19. The topological polar surface area (TPSA) is 55.1 Å². The van der Waals surface area contributed by atoms with Gasteiger partial charge in [-0.15, -0.1) is 0 Å². The van der Waals surface area contributed by atoms with Gasteiger partial charge in [-0.05, 0) is 65.5 Å². The fraction of sp³-hybridized carbons (Fsp3) is 0.250. The second-order valence-corrected chi connectivity index (χ2v) is 5.65. The molecule has 0 aliphatic rings. The quantitative estimate of drug-likeness (QED) is 0.852. The SMILES string of the molecule is CCc1c(C)nn(-c2ccc(/C=C/C(=O)O)cc2Br)c1C. The molecule has 2 aromatic rings. The molecule has 0 saturated carbocycles. The maximum absolute atomic E-state index is 10.6. The molecular weight excluding hydrogens is 332 g/mol. The number of rotatable bonds is 4. The number of hydrogen-bond acceptors (Lipinski definition) is 2. The molecule has 0 bridgehead atoms. The van der Waals surface area contributed by atoms with Gasteiger partial charge in [-0.3, -0.25) is 0 Å². The van der Waals surface area contributed by atoms with Crippen LogP contribution in [0.5, 0.6) is 0 Å². The average Bonchev–Trinajstić information content (AvgIpc) is 2.71. The molecule has 1 N–H and O–H groups in total. The summed E-state index contributed by atoms with van der Waals surface area (Å²) in [7, 11) is 0. The number of benzene rings is 1. The van der Waals surface area contributed by atoms with Crippen LogP contribution in [0.15, 0.2) is 28.7 Å². The highest BCUT2D eigenvalue weighted by atomic mass is 79.9. The van der Waals surface area contributed by atoms with Crippen LogP contribution in [0.4, 0.5) is 0 Å². The van der Waals surface area contributed by atoms with E-state index in [4.69, 9.17) is 5.11 Å². The molecule has 0 spiro atoms. The summed E-state index contributed by atoms with van der Waals surface area (Å²) in [6.07, 6.45) is 3.64. The van der Waals surface area contributed by atoms with Crippen LogP contribution < -0.4 is 0 Å². The smallest absolute Gasteiger partial charge is 0.328 e. The molecular formula is C16H17BrN2O2. The Morgan fingerprint density at radius 3 is 2.67 bits per heavy atom. The fourth-order valence-corrected chi connectivity index (χ4v) is 2.95. The zero-order chi connectivity index (χ0) is 15.6. The number of halogens is 1. The van der Waals surface area contributed by atoms with Crippen LogP contribution in [0.2, 0.25) is 0 Å². The standard InChI is InChI=1S/C16H17BrN2O2/c1-4-13-10(2)18-19(11(13)3)15-7-5-12(9-14(15)17)6-8-16(20)21/h5-9H,4H2,1-3H3,(H,20,21)/b8-6+. The molecule has 5 heteroatoms. The first-order valence-electron chi connectivity index (χ1n) is 6.70. The minimum Gasteiger partial charge on any atom is -0.478 e. The van der Waals surface area contributed by atoms with Gasteiger partial charge in [0, 0.05) is 16.2 Å². The zero-order valence-electron chi connectivity index (χ0n) is 12.2. The molecule has 0 aliphatic heterocycles. The maximum atomic E-state index is 10.6. The van der Waals surface area contributed by atoms with E-state index in [0.29, 0.717) is 0 Å². The Morgan fingerprint density at radius 1 is 1.43 bits per heavy atom. The molecule has 21 heavy (non-hydrogen) atoms. The van der Waals surface area contributed by atoms with Crippen LogP contribution in [0.1, 0.15) is 29.4 Å². The monoisotopic (exact) mass is 348 g/mol. The zero-order valence-corrected chi connectivity index (χ0v) is 13.8. The molecule has 1 aromatic carbocycles. The third-order valence-corrected chi connectivity index (χ3v) is 4.05. The summed E-state index contributed by atoms with van der Waals surface area (Å²) >= 11 is 3.54. The predicted octanol–water partition coefficient (Wildman–Crippen LogP) is 3.91. The Labute approximate surface area is 132 Å². The second kappa shape index (κ2) is 6.26. The molecule has 0 radical (unpaired) electrons. The van der Waals surface area contributed by atoms with Crippen molar-refractivity contribution in [3.05, 3.63) is 51.3 Å². The highest BCUT2D eigenvalue weighted by Crippen LogP contribution is 2.26. The summed E-state index contributed by atoms with van der Waals surface area (Å²) < 4.78 is 2.80. The Morgan fingerprint density at radius 2 is 2.14 bits per heavy atom. The van der Waals surface area contributed by atoms with E-state index in [9.17, 15) is 4.79 Å². The lowest BCUT2D eigenvalue weighted by atomic mass is 10.1. The fourth-order valence-electron chi connectivity index (χ4n) is 2.39. The number of aryl methyl sites for hydroxylation is 1. The number of carboxylic acid groups (broad SMARTS) is 1. The minimum absolute atomic E-state index is 0.824. The predicted molar refractivity (Wildman–Crippen MR) is 86.8 cm³/mol. The van der Waals surface area contributed by atoms with Gasteiger partial charge in [0.15, 0.2) is 0 Å². The Hall–Kier alpha value is -1.88. The van der Waals surface area contributed by atoms with Crippen molar-refractivity contribution in [3.63, 3.8) is 0 Å². The van der Waals surface area contributed by atoms with Crippen molar-refractivity contribution >= 4 is 28.0 Å². The van der Waals surface area contributed by atoms with E-state index < -0.39 is 5.97 Å². The van der Waals surface area contributed by atoms with E-state index >= 15 is 0 Å². The summed E-state index contributed by atoms with van der Waals surface area (Å²) in [5.74, 6) is -0.957. The van der Waals surface area contributed by atoms with E-state index in [0.717, 1.165) is 39.6 Å². The van der Waals surface area contributed by atoms with Crippen LogP contribution in [-0.2, 0) is 11.2 Å². The van der Waals surface area contributed by atoms with Gasteiger partial charge >= 0.3 is 5.97 Å². The summed E-state index contributed by atoms with van der Waals surface area (Å²) in [6, 6.07) is 5.70. The summed E-state index contributed by atoms with van der Waals surface area (Å²) in [5, 5.41) is 13.3. The molecule has 110 valence electrons. The third kappa shape index (κ3) is 3.24. The van der Waals surface area contributed by atoms with Gasteiger partial charge in [0.1, 0.15) is 0 Å². The Balaban J connectivity index is 2.44. The number of carbonyl (C=O) groups is 1. The lowest BCUT2D eigenvalue weighted by molar-refractivity contribution is -0.131. The van der Waals surface area contributed by atoms with Crippen LogP contribution in [0.25, 0.3) is 11.8 Å². The summed E-state index contributed by atoms with van der Waals surface area (Å²) in [4.78, 5) is 10.6.